The number of rotatable bonds is 7. The minimum absolute atomic E-state index is 0.131. The lowest BCUT2D eigenvalue weighted by Crippen LogP contribution is -2.44. The summed E-state index contributed by atoms with van der Waals surface area (Å²) in [4.78, 5) is 13.8. The van der Waals surface area contributed by atoms with Gasteiger partial charge in [-0.2, -0.15) is 0 Å². The fourth-order valence-corrected chi connectivity index (χ4v) is 2.25. The Balaban J connectivity index is 1.64. The zero-order chi connectivity index (χ0) is 14.9. The molecule has 1 aliphatic rings. The SMILES string of the molecule is NCC1C=CCCN1CC(=O)OCCOc1ccccc1. The van der Waals surface area contributed by atoms with E-state index in [2.05, 4.69) is 12.2 Å². The molecule has 0 radical (unpaired) electrons. The average molecular weight is 290 g/mol. The minimum atomic E-state index is -0.236. The number of para-hydroxylation sites is 1. The van der Waals surface area contributed by atoms with Gasteiger partial charge >= 0.3 is 5.97 Å². The highest BCUT2D eigenvalue weighted by molar-refractivity contribution is 5.71. The van der Waals surface area contributed by atoms with Crippen molar-refractivity contribution in [3.63, 3.8) is 0 Å². The highest BCUT2D eigenvalue weighted by Crippen LogP contribution is 2.09. The molecule has 5 nitrogen and oxygen atoms in total. The van der Waals surface area contributed by atoms with E-state index in [0.29, 0.717) is 13.2 Å². The fourth-order valence-electron chi connectivity index (χ4n) is 2.25. The van der Waals surface area contributed by atoms with Gasteiger partial charge in [0.15, 0.2) is 0 Å². The van der Waals surface area contributed by atoms with Gasteiger partial charge in [0, 0.05) is 19.1 Å². The molecule has 1 aliphatic heterocycles. The Hall–Kier alpha value is -1.85. The Morgan fingerprint density at radius 1 is 1.29 bits per heavy atom. The van der Waals surface area contributed by atoms with E-state index in [-0.39, 0.29) is 25.2 Å². The summed E-state index contributed by atoms with van der Waals surface area (Å²) in [6.45, 7) is 2.24. The summed E-state index contributed by atoms with van der Waals surface area (Å²) in [6.07, 6.45) is 5.10. The minimum Gasteiger partial charge on any atom is -0.490 e. The summed E-state index contributed by atoms with van der Waals surface area (Å²) in [5, 5.41) is 0. The Morgan fingerprint density at radius 2 is 2.10 bits per heavy atom. The normalized spacial score (nSPS) is 18.4. The number of esters is 1. The molecule has 0 aromatic heterocycles. The standard InChI is InChI=1S/C16H22N2O3/c17-12-14-6-4-5-9-18(14)13-16(19)21-11-10-20-15-7-2-1-3-8-15/h1-4,6-8,14H,5,9-13,17H2. The fraction of sp³-hybridized carbons (Fsp3) is 0.438. The van der Waals surface area contributed by atoms with E-state index in [0.717, 1.165) is 18.7 Å². The molecule has 0 bridgehead atoms. The number of carbonyl (C=O) groups excluding carboxylic acids is 1. The van der Waals surface area contributed by atoms with E-state index in [9.17, 15) is 4.79 Å². The van der Waals surface area contributed by atoms with Crippen molar-refractivity contribution in [1.29, 1.82) is 0 Å². The molecule has 1 aromatic rings. The van der Waals surface area contributed by atoms with Crippen LogP contribution in [-0.4, -0.2) is 49.8 Å². The second-order valence-corrected chi connectivity index (χ2v) is 4.87. The predicted octanol–water partition coefficient (Wildman–Crippen LogP) is 1.20. The van der Waals surface area contributed by atoms with E-state index in [1.165, 1.54) is 0 Å². The van der Waals surface area contributed by atoms with Crippen molar-refractivity contribution in [3.8, 4) is 5.75 Å². The van der Waals surface area contributed by atoms with Gasteiger partial charge in [0.25, 0.3) is 0 Å². The first-order valence-electron chi connectivity index (χ1n) is 7.24. The van der Waals surface area contributed by atoms with Crippen LogP contribution in [0.15, 0.2) is 42.5 Å². The number of carbonyl (C=O) groups is 1. The third-order valence-electron chi connectivity index (χ3n) is 3.34. The van der Waals surface area contributed by atoms with Crippen molar-refractivity contribution >= 4 is 5.97 Å². The molecule has 5 heteroatoms. The second kappa shape index (κ2) is 8.44. The van der Waals surface area contributed by atoms with Crippen LogP contribution in [0.5, 0.6) is 5.75 Å². The molecule has 114 valence electrons. The number of benzene rings is 1. The first-order valence-corrected chi connectivity index (χ1v) is 7.24. The number of hydrogen-bond donors (Lipinski definition) is 1. The molecule has 2 N–H and O–H groups in total. The van der Waals surface area contributed by atoms with Crippen LogP contribution in [0.4, 0.5) is 0 Å². The maximum absolute atomic E-state index is 11.8. The van der Waals surface area contributed by atoms with E-state index in [1.54, 1.807) is 0 Å². The van der Waals surface area contributed by atoms with Gasteiger partial charge in [-0.15, -0.1) is 0 Å². The van der Waals surface area contributed by atoms with Gasteiger partial charge in [0.1, 0.15) is 19.0 Å². The van der Waals surface area contributed by atoms with Crippen molar-refractivity contribution in [2.75, 3.05) is 32.8 Å². The largest absolute Gasteiger partial charge is 0.490 e. The third-order valence-corrected chi connectivity index (χ3v) is 3.34. The van der Waals surface area contributed by atoms with E-state index < -0.39 is 0 Å². The predicted molar refractivity (Wildman–Crippen MR) is 81.1 cm³/mol. The van der Waals surface area contributed by atoms with E-state index in [1.807, 2.05) is 35.2 Å². The maximum Gasteiger partial charge on any atom is 0.320 e. The van der Waals surface area contributed by atoms with Gasteiger partial charge in [-0.1, -0.05) is 30.4 Å². The molecule has 0 aliphatic carbocycles. The van der Waals surface area contributed by atoms with Crippen molar-refractivity contribution < 1.29 is 14.3 Å². The maximum atomic E-state index is 11.8. The molecule has 0 amide bonds. The highest BCUT2D eigenvalue weighted by Gasteiger charge is 2.20. The molecule has 0 saturated carbocycles. The number of ether oxygens (including phenoxy) is 2. The van der Waals surface area contributed by atoms with Crippen LogP contribution in [0.3, 0.4) is 0 Å². The molecule has 1 atom stereocenters. The summed E-state index contributed by atoms with van der Waals surface area (Å²) in [7, 11) is 0. The topological polar surface area (TPSA) is 64.8 Å². The van der Waals surface area contributed by atoms with Gasteiger partial charge in [0.2, 0.25) is 0 Å². The molecule has 21 heavy (non-hydrogen) atoms. The van der Waals surface area contributed by atoms with Gasteiger partial charge in [-0.25, -0.2) is 0 Å². The summed E-state index contributed by atoms with van der Waals surface area (Å²) >= 11 is 0. The first kappa shape index (κ1) is 15.5. The molecule has 1 heterocycles. The zero-order valence-electron chi connectivity index (χ0n) is 12.1. The molecular formula is C16H22N2O3. The number of nitrogens with zero attached hydrogens (tertiary/aromatic N) is 1. The van der Waals surface area contributed by atoms with Gasteiger partial charge in [-0.05, 0) is 18.6 Å². The van der Waals surface area contributed by atoms with E-state index in [4.69, 9.17) is 15.2 Å². The van der Waals surface area contributed by atoms with Gasteiger partial charge < -0.3 is 15.2 Å². The van der Waals surface area contributed by atoms with Crippen LogP contribution in [0.25, 0.3) is 0 Å². The van der Waals surface area contributed by atoms with Crippen LogP contribution in [0.1, 0.15) is 6.42 Å². The molecular weight excluding hydrogens is 268 g/mol. The number of nitrogens with two attached hydrogens (primary N) is 1. The van der Waals surface area contributed by atoms with Crippen molar-refractivity contribution in [2.24, 2.45) is 5.73 Å². The quantitative estimate of drug-likeness (QED) is 0.464. The van der Waals surface area contributed by atoms with Crippen molar-refractivity contribution in [3.05, 3.63) is 42.5 Å². The molecule has 2 rings (SSSR count). The molecule has 1 aromatic carbocycles. The van der Waals surface area contributed by atoms with Gasteiger partial charge in [0.05, 0.1) is 6.54 Å². The first-order chi connectivity index (χ1) is 10.3. The molecule has 1 unspecified atom stereocenters. The summed E-state index contributed by atoms with van der Waals surface area (Å²) in [6, 6.07) is 9.60. The van der Waals surface area contributed by atoms with Crippen LogP contribution >= 0.6 is 0 Å². The van der Waals surface area contributed by atoms with Crippen LogP contribution in [0, 0.1) is 0 Å². The van der Waals surface area contributed by atoms with Crippen LogP contribution < -0.4 is 10.5 Å². The monoisotopic (exact) mass is 290 g/mol. The van der Waals surface area contributed by atoms with Crippen LogP contribution in [-0.2, 0) is 9.53 Å². The summed E-state index contributed by atoms with van der Waals surface area (Å²) in [5.41, 5.74) is 5.69. The lowest BCUT2D eigenvalue weighted by Gasteiger charge is -2.30. The Labute approximate surface area is 125 Å². The summed E-state index contributed by atoms with van der Waals surface area (Å²) in [5.74, 6) is 0.540. The van der Waals surface area contributed by atoms with E-state index >= 15 is 0 Å². The third kappa shape index (κ3) is 5.21. The smallest absolute Gasteiger partial charge is 0.320 e. The van der Waals surface area contributed by atoms with Crippen molar-refractivity contribution in [2.45, 2.75) is 12.5 Å². The Kier molecular flexibility index (Phi) is 6.24. The molecule has 0 spiro atoms. The second-order valence-electron chi connectivity index (χ2n) is 4.87. The Bertz CT molecular complexity index is 462. The van der Waals surface area contributed by atoms with Crippen LogP contribution in [0.2, 0.25) is 0 Å². The lowest BCUT2D eigenvalue weighted by molar-refractivity contribution is -0.146. The lowest BCUT2D eigenvalue weighted by atomic mass is 10.1. The zero-order valence-corrected chi connectivity index (χ0v) is 12.1. The molecule has 0 saturated heterocycles. The summed E-state index contributed by atoms with van der Waals surface area (Å²) < 4.78 is 10.7. The van der Waals surface area contributed by atoms with Crippen molar-refractivity contribution in [1.82, 2.24) is 4.90 Å². The van der Waals surface area contributed by atoms with Gasteiger partial charge in [-0.3, -0.25) is 9.69 Å². The Morgan fingerprint density at radius 3 is 2.86 bits per heavy atom. The molecule has 0 fully saturated rings. The number of hydrogen-bond acceptors (Lipinski definition) is 5. The highest BCUT2D eigenvalue weighted by atomic mass is 16.6. The average Bonchev–Trinajstić information content (AvgIpc) is 2.53.